The van der Waals surface area contributed by atoms with Gasteiger partial charge in [-0.3, -0.25) is 15.0 Å². The van der Waals surface area contributed by atoms with Gasteiger partial charge < -0.3 is 5.32 Å². The third-order valence-corrected chi connectivity index (χ3v) is 6.61. The fourth-order valence-electron chi connectivity index (χ4n) is 5.09. The molecule has 0 spiro atoms. The molecule has 1 fully saturated rings. The van der Waals surface area contributed by atoms with Gasteiger partial charge in [0.05, 0.1) is 10.6 Å². The van der Waals surface area contributed by atoms with Gasteiger partial charge in [0, 0.05) is 37.2 Å². The van der Waals surface area contributed by atoms with E-state index in [1.165, 1.54) is 11.1 Å². The predicted molar refractivity (Wildman–Crippen MR) is 125 cm³/mol. The van der Waals surface area contributed by atoms with Crippen molar-refractivity contribution in [2.24, 2.45) is 0 Å². The maximum atomic E-state index is 11.7. The highest BCUT2D eigenvalue weighted by Gasteiger charge is 2.31. The number of hydrogen-bond donors (Lipinski definition) is 1. The Kier molecular flexibility index (Phi) is 5.90. The van der Waals surface area contributed by atoms with Crippen LogP contribution >= 0.6 is 0 Å². The van der Waals surface area contributed by atoms with Gasteiger partial charge in [-0.15, -0.1) is 0 Å². The summed E-state index contributed by atoms with van der Waals surface area (Å²) in [6.45, 7) is 3.87. The molecule has 1 unspecified atom stereocenters. The molecule has 7 nitrogen and oxygen atoms in total. The first-order chi connectivity index (χ1) is 15.7. The molecular weight excluding hydrogens is 402 g/mol. The standard InChI is InChI=1S/C25H29N5O2/c31-30(32)23-14-5-4-13-22(23)29-25-21(12-6-7-15-26-25)24(27-29)20-11-8-16-28(18-20)17-19-9-2-1-3-10-19/h1-5,9-10,13-14,20,26H,6-8,11-12,15-18H2. The third-order valence-electron chi connectivity index (χ3n) is 6.61. The minimum atomic E-state index is -0.317. The van der Waals surface area contributed by atoms with Gasteiger partial charge in [-0.25, -0.2) is 4.68 Å². The molecule has 3 aromatic rings. The molecule has 0 saturated carbocycles. The van der Waals surface area contributed by atoms with Gasteiger partial charge >= 0.3 is 0 Å². The number of anilines is 1. The molecule has 1 aromatic heterocycles. The van der Waals surface area contributed by atoms with Crippen molar-refractivity contribution in [1.82, 2.24) is 14.7 Å². The van der Waals surface area contributed by atoms with Gasteiger partial charge in [-0.05, 0) is 50.3 Å². The summed E-state index contributed by atoms with van der Waals surface area (Å²) in [7, 11) is 0. The fourth-order valence-corrected chi connectivity index (χ4v) is 5.09. The molecule has 3 heterocycles. The van der Waals surface area contributed by atoms with Crippen molar-refractivity contribution in [3.63, 3.8) is 0 Å². The van der Waals surface area contributed by atoms with Gasteiger partial charge in [-0.2, -0.15) is 5.10 Å². The maximum Gasteiger partial charge on any atom is 0.294 e. The maximum absolute atomic E-state index is 11.7. The van der Waals surface area contributed by atoms with E-state index in [0.29, 0.717) is 11.6 Å². The molecule has 0 radical (unpaired) electrons. The number of nitro groups is 1. The molecule has 0 aliphatic carbocycles. The second kappa shape index (κ2) is 9.12. The van der Waals surface area contributed by atoms with Crippen LogP contribution in [0.3, 0.4) is 0 Å². The van der Waals surface area contributed by atoms with Crippen LogP contribution in [0.1, 0.15) is 48.4 Å². The van der Waals surface area contributed by atoms with Crippen LogP contribution in [0, 0.1) is 10.1 Å². The lowest BCUT2D eigenvalue weighted by atomic mass is 9.91. The average molecular weight is 432 g/mol. The second-order valence-electron chi connectivity index (χ2n) is 8.81. The molecule has 166 valence electrons. The van der Waals surface area contributed by atoms with Crippen LogP contribution in [-0.4, -0.2) is 39.2 Å². The van der Waals surface area contributed by atoms with Crippen molar-refractivity contribution >= 4 is 11.5 Å². The molecule has 5 rings (SSSR count). The number of hydrogen-bond acceptors (Lipinski definition) is 5. The summed E-state index contributed by atoms with van der Waals surface area (Å²) in [6.07, 6.45) is 5.41. The zero-order valence-electron chi connectivity index (χ0n) is 18.2. The topological polar surface area (TPSA) is 76.2 Å². The van der Waals surface area contributed by atoms with Crippen molar-refractivity contribution in [2.45, 2.75) is 44.6 Å². The van der Waals surface area contributed by atoms with Crippen molar-refractivity contribution in [3.05, 3.63) is 81.5 Å². The lowest BCUT2D eigenvalue weighted by molar-refractivity contribution is -0.384. The molecule has 1 N–H and O–H groups in total. The number of benzene rings is 2. The number of nitrogens with one attached hydrogen (secondary N) is 1. The minimum Gasteiger partial charge on any atom is -0.370 e. The zero-order chi connectivity index (χ0) is 21.9. The molecule has 32 heavy (non-hydrogen) atoms. The Morgan fingerprint density at radius 3 is 2.72 bits per heavy atom. The number of para-hydroxylation sites is 2. The van der Waals surface area contributed by atoms with Gasteiger partial charge in [0.15, 0.2) is 0 Å². The summed E-state index contributed by atoms with van der Waals surface area (Å²) in [5, 5.41) is 20.3. The molecular formula is C25H29N5O2. The van der Waals surface area contributed by atoms with Crippen LogP contribution in [0.2, 0.25) is 0 Å². The molecule has 2 aromatic carbocycles. The molecule has 0 bridgehead atoms. The van der Waals surface area contributed by atoms with Gasteiger partial charge in [0.25, 0.3) is 5.69 Å². The highest BCUT2D eigenvalue weighted by Crippen LogP contribution is 2.37. The highest BCUT2D eigenvalue weighted by atomic mass is 16.6. The number of piperidine rings is 1. The van der Waals surface area contributed by atoms with E-state index >= 15 is 0 Å². The van der Waals surface area contributed by atoms with E-state index in [1.807, 2.05) is 6.07 Å². The van der Waals surface area contributed by atoms with Crippen LogP contribution in [-0.2, 0) is 13.0 Å². The molecule has 2 aliphatic heterocycles. The lowest BCUT2D eigenvalue weighted by Crippen LogP contribution is -2.34. The number of aromatic nitrogens is 2. The predicted octanol–water partition coefficient (Wildman–Crippen LogP) is 4.91. The Labute approximate surface area is 188 Å². The largest absolute Gasteiger partial charge is 0.370 e. The van der Waals surface area contributed by atoms with Crippen LogP contribution in [0.5, 0.6) is 0 Å². The monoisotopic (exact) mass is 431 g/mol. The smallest absolute Gasteiger partial charge is 0.294 e. The second-order valence-corrected chi connectivity index (χ2v) is 8.81. The molecule has 1 saturated heterocycles. The minimum absolute atomic E-state index is 0.0877. The fraction of sp³-hybridized carbons (Fsp3) is 0.400. The SMILES string of the molecule is O=[N+]([O-])c1ccccc1-n1nc(C2CCCN(Cc3ccccc3)C2)c2c1NCCCC2. The Morgan fingerprint density at radius 1 is 1.06 bits per heavy atom. The zero-order valence-corrected chi connectivity index (χ0v) is 18.2. The number of nitro benzene ring substituents is 1. The Balaban J connectivity index is 1.50. The van der Waals surface area contributed by atoms with Crippen molar-refractivity contribution in [1.29, 1.82) is 0 Å². The van der Waals surface area contributed by atoms with E-state index in [9.17, 15) is 10.1 Å². The molecule has 7 heteroatoms. The van der Waals surface area contributed by atoms with E-state index < -0.39 is 0 Å². The summed E-state index contributed by atoms with van der Waals surface area (Å²) >= 11 is 0. The summed E-state index contributed by atoms with van der Waals surface area (Å²) in [6, 6.07) is 17.5. The quantitative estimate of drug-likeness (QED) is 0.459. The van der Waals surface area contributed by atoms with E-state index in [1.54, 1.807) is 22.9 Å². The first-order valence-corrected chi connectivity index (χ1v) is 11.6. The summed E-state index contributed by atoms with van der Waals surface area (Å²) in [5.74, 6) is 1.28. The first-order valence-electron chi connectivity index (χ1n) is 11.6. The van der Waals surface area contributed by atoms with Crippen LogP contribution in [0.4, 0.5) is 11.5 Å². The van der Waals surface area contributed by atoms with E-state index in [2.05, 4.69) is 40.5 Å². The average Bonchev–Trinajstić information content (AvgIpc) is 3.00. The molecule has 0 amide bonds. The molecule has 1 atom stereocenters. The van der Waals surface area contributed by atoms with Crippen molar-refractivity contribution < 1.29 is 4.92 Å². The van der Waals surface area contributed by atoms with E-state index in [-0.39, 0.29) is 10.6 Å². The van der Waals surface area contributed by atoms with Crippen LogP contribution in [0.15, 0.2) is 54.6 Å². The lowest BCUT2D eigenvalue weighted by Gasteiger charge is -2.32. The number of likely N-dealkylation sites (tertiary alicyclic amines) is 1. The normalized spacial score (nSPS) is 19.1. The third kappa shape index (κ3) is 4.12. The first kappa shape index (κ1) is 20.7. The number of fused-ring (bicyclic) bond motifs is 1. The Morgan fingerprint density at radius 2 is 1.88 bits per heavy atom. The van der Waals surface area contributed by atoms with E-state index in [4.69, 9.17) is 5.10 Å². The summed E-state index contributed by atoms with van der Waals surface area (Å²) in [5.41, 5.74) is 4.31. The highest BCUT2D eigenvalue weighted by molar-refractivity contribution is 5.60. The Bertz CT molecular complexity index is 1090. The number of rotatable bonds is 5. The van der Waals surface area contributed by atoms with Gasteiger partial charge in [0.1, 0.15) is 11.5 Å². The van der Waals surface area contributed by atoms with Gasteiger partial charge in [-0.1, -0.05) is 42.5 Å². The van der Waals surface area contributed by atoms with Crippen LogP contribution < -0.4 is 5.32 Å². The van der Waals surface area contributed by atoms with Gasteiger partial charge in [0.2, 0.25) is 0 Å². The van der Waals surface area contributed by atoms with Crippen molar-refractivity contribution in [2.75, 3.05) is 25.0 Å². The summed E-state index contributed by atoms with van der Waals surface area (Å²) in [4.78, 5) is 13.9. The number of nitrogens with zero attached hydrogens (tertiary/aromatic N) is 4. The molecule has 2 aliphatic rings. The Hall–Kier alpha value is -3.19. The van der Waals surface area contributed by atoms with Crippen LogP contribution in [0.25, 0.3) is 5.69 Å². The van der Waals surface area contributed by atoms with Crippen molar-refractivity contribution in [3.8, 4) is 5.69 Å². The van der Waals surface area contributed by atoms with E-state index in [0.717, 1.165) is 69.8 Å². The summed E-state index contributed by atoms with van der Waals surface area (Å²) < 4.78 is 1.80.